The first-order valence-electron chi connectivity index (χ1n) is 10.9. The molecular formula is C25H31BrN2O2. The van der Waals surface area contributed by atoms with Gasteiger partial charge in [-0.2, -0.15) is 0 Å². The van der Waals surface area contributed by atoms with E-state index in [1.807, 2.05) is 61.5 Å². The minimum absolute atomic E-state index is 0.00491. The zero-order valence-electron chi connectivity index (χ0n) is 17.6. The summed E-state index contributed by atoms with van der Waals surface area (Å²) in [5.41, 5.74) is 2.07. The van der Waals surface area contributed by atoms with Gasteiger partial charge in [-0.25, -0.2) is 0 Å². The predicted molar refractivity (Wildman–Crippen MR) is 124 cm³/mol. The molecule has 1 aliphatic rings. The Morgan fingerprint density at radius 1 is 1.03 bits per heavy atom. The highest BCUT2D eigenvalue weighted by atomic mass is 79.9. The van der Waals surface area contributed by atoms with E-state index < -0.39 is 6.04 Å². The fraction of sp³-hybridized carbons (Fsp3) is 0.440. The van der Waals surface area contributed by atoms with E-state index in [0.717, 1.165) is 41.3 Å². The maximum atomic E-state index is 13.4. The predicted octanol–water partition coefficient (Wildman–Crippen LogP) is 5.25. The Kier molecular flexibility index (Phi) is 8.50. The quantitative estimate of drug-likeness (QED) is 0.572. The highest BCUT2D eigenvalue weighted by Gasteiger charge is 2.31. The van der Waals surface area contributed by atoms with Crippen molar-refractivity contribution in [1.29, 1.82) is 0 Å². The van der Waals surface area contributed by atoms with Gasteiger partial charge in [0.1, 0.15) is 6.04 Å². The van der Waals surface area contributed by atoms with Crippen molar-refractivity contribution in [3.63, 3.8) is 0 Å². The standard InChI is InChI=1S/C25H31BrN2O2/c1-2-24(29)28(18-20-12-9-13-21(26)16-20)23(17-19-10-5-3-6-11-19)25(30)27-22-14-7-4-8-15-22/h3,5-6,9-13,16,22-23H,2,4,7-8,14-15,17-18H2,1H3,(H,27,30)/t23-/m1/s1. The van der Waals surface area contributed by atoms with Gasteiger partial charge in [0.25, 0.3) is 0 Å². The molecule has 5 heteroatoms. The van der Waals surface area contributed by atoms with Crippen molar-refractivity contribution in [1.82, 2.24) is 10.2 Å². The molecule has 0 bridgehead atoms. The van der Waals surface area contributed by atoms with Gasteiger partial charge < -0.3 is 10.2 Å². The monoisotopic (exact) mass is 470 g/mol. The summed E-state index contributed by atoms with van der Waals surface area (Å²) in [7, 11) is 0. The summed E-state index contributed by atoms with van der Waals surface area (Å²) in [6.07, 6.45) is 6.49. The number of amides is 2. The Labute approximate surface area is 188 Å². The second-order valence-corrected chi connectivity index (χ2v) is 8.97. The van der Waals surface area contributed by atoms with Gasteiger partial charge in [-0.15, -0.1) is 0 Å². The summed E-state index contributed by atoms with van der Waals surface area (Å²) < 4.78 is 0.968. The van der Waals surface area contributed by atoms with Gasteiger partial charge in [0.15, 0.2) is 0 Å². The SMILES string of the molecule is CCC(=O)N(Cc1cccc(Br)c1)[C@H](Cc1ccccc1)C(=O)NC1CCCCC1. The molecule has 2 aromatic rings. The molecular weight excluding hydrogens is 440 g/mol. The van der Waals surface area contributed by atoms with Crippen LogP contribution in [-0.4, -0.2) is 28.8 Å². The summed E-state index contributed by atoms with van der Waals surface area (Å²) in [6, 6.07) is 17.6. The van der Waals surface area contributed by atoms with Gasteiger partial charge in [0.2, 0.25) is 11.8 Å². The largest absolute Gasteiger partial charge is 0.352 e. The smallest absolute Gasteiger partial charge is 0.243 e. The fourth-order valence-electron chi connectivity index (χ4n) is 4.13. The van der Waals surface area contributed by atoms with E-state index in [0.29, 0.717) is 19.4 Å². The van der Waals surface area contributed by atoms with E-state index >= 15 is 0 Å². The van der Waals surface area contributed by atoms with Crippen LogP contribution in [0, 0.1) is 0 Å². The van der Waals surface area contributed by atoms with Gasteiger partial charge in [-0.05, 0) is 36.1 Å². The second-order valence-electron chi connectivity index (χ2n) is 8.05. The lowest BCUT2D eigenvalue weighted by Gasteiger charge is -2.33. The van der Waals surface area contributed by atoms with E-state index in [1.165, 1.54) is 6.42 Å². The van der Waals surface area contributed by atoms with Crippen LogP contribution in [0.5, 0.6) is 0 Å². The molecule has 1 fully saturated rings. The number of benzene rings is 2. The number of rotatable bonds is 8. The van der Waals surface area contributed by atoms with Crippen molar-refractivity contribution in [2.24, 2.45) is 0 Å². The number of nitrogens with zero attached hydrogens (tertiary/aromatic N) is 1. The van der Waals surface area contributed by atoms with Crippen molar-refractivity contribution in [3.8, 4) is 0 Å². The van der Waals surface area contributed by atoms with Crippen LogP contribution in [0.3, 0.4) is 0 Å². The van der Waals surface area contributed by atoms with Gasteiger partial charge in [-0.3, -0.25) is 9.59 Å². The molecule has 160 valence electrons. The molecule has 0 spiro atoms. The van der Waals surface area contributed by atoms with Crippen LogP contribution < -0.4 is 5.32 Å². The van der Waals surface area contributed by atoms with Crippen LogP contribution in [0.1, 0.15) is 56.6 Å². The molecule has 30 heavy (non-hydrogen) atoms. The van der Waals surface area contributed by atoms with Gasteiger partial charge in [-0.1, -0.05) is 84.6 Å². The van der Waals surface area contributed by atoms with Crippen molar-refractivity contribution >= 4 is 27.7 Å². The Morgan fingerprint density at radius 3 is 2.40 bits per heavy atom. The molecule has 0 aliphatic heterocycles. The molecule has 0 radical (unpaired) electrons. The number of halogens is 1. The second kappa shape index (κ2) is 11.3. The summed E-state index contributed by atoms with van der Waals surface area (Å²) in [6.45, 7) is 2.27. The van der Waals surface area contributed by atoms with Crippen molar-refractivity contribution < 1.29 is 9.59 Å². The summed E-state index contributed by atoms with van der Waals surface area (Å²) in [5, 5.41) is 3.25. The van der Waals surface area contributed by atoms with Crippen molar-refractivity contribution in [2.75, 3.05) is 0 Å². The van der Waals surface area contributed by atoms with Crippen LogP contribution in [0.4, 0.5) is 0 Å². The van der Waals surface area contributed by atoms with Crippen LogP contribution >= 0.6 is 15.9 Å². The maximum absolute atomic E-state index is 13.4. The molecule has 3 rings (SSSR count). The molecule has 0 unspecified atom stereocenters. The zero-order chi connectivity index (χ0) is 21.3. The lowest BCUT2D eigenvalue weighted by Crippen LogP contribution is -2.52. The normalized spacial score (nSPS) is 15.4. The molecule has 1 saturated carbocycles. The number of hydrogen-bond acceptors (Lipinski definition) is 2. The zero-order valence-corrected chi connectivity index (χ0v) is 19.2. The Hall–Kier alpha value is -2.14. The topological polar surface area (TPSA) is 49.4 Å². The molecule has 1 N–H and O–H groups in total. The molecule has 0 aromatic heterocycles. The van der Waals surface area contributed by atoms with Gasteiger partial charge >= 0.3 is 0 Å². The number of hydrogen-bond donors (Lipinski definition) is 1. The minimum Gasteiger partial charge on any atom is -0.352 e. The first kappa shape index (κ1) is 22.5. The highest BCUT2D eigenvalue weighted by Crippen LogP contribution is 2.21. The third-order valence-corrected chi connectivity index (χ3v) is 6.26. The average Bonchev–Trinajstić information content (AvgIpc) is 2.77. The molecule has 2 aromatic carbocycles. The highest BCUT2D eigenvalue weighted by molar-refractivity contribution is 9.10. The Morgan fingerprint density at radius 2 is 1.73 bits per heavy atom. The van der Waals surface area contributed by atoms with Crippen LogP contribution in [0.15, 0.2) is 59.1 Å². The first-order chi connectivity index (χ1) is 14.6. The van der Waals surface area contributed by atoms with Gasteiger partial charge in [0, 0.05) is 29.9 Å². The molecule has 1 aliphatic carbocycles. The van der Waals surface area contributed by atoms with E-state index in [-0.39, 0.29) is 17.9 Å². The third kappa shape index (κ3) is 6.43. The first-order valence-corrected chi connectivity index (χ1v) is 11.7. The van der Waals surface area contributed by atoms with Crippen LogP contribution in [0.2, 0.25) is 0 Å². The summed E-state index contributed by atoms with van der Waals surface area (Å²) >= 11 is 3.51. The molecule has 0 saturated heterocycles. The molecule has 4 nitrogen and oxygen atoms in total. The maximum Gasteiger partial charge on any atom is 0.243 e. The Balaban J connectivity index is 1.86. The lowest BCUT2D eigenvalue weighted by molar-refractivity contribution is -0.141. The average molecular weight is 471 g/mol. The van der Waals surface area contributed by atoms with E-state index in [1.54, 1.807) is 4.90 Å². The van der Waals surface area contributed by atoms with Crippen molar-refractivity contribution in [3.05, 3.63) is 70.2 Å². The van der Waals surface area contributed by atoms with Crippen LogP contribution in [0.25, 0.3) is 0 Å². The van der Waals surface area contributed by atoms with E-state index in [4.69, 9.17) is 0 Å². The molecule has 1 atom stereocenters. The number of carbonyl (C=O) groups is 2. The van der Waals surface area contributed by atoms with Crippen LogP contribution in [-0.2, 0) is 22.6 Å². The number of carbonyl (C=O) groups excluding carboxylic acids is 2. The summed E-state index contributed by atoms with van der Waals surface area (Å²) in [4.78, 5) is 28.1. The van der Waals surface area contributed by atoms with Gasteiger partial charge in [0.05, 0.1) is 0 Å². The Bertz CT molecular complexity index is 834. The fourth-order valence-corrected chi connectivity index (χ4v) is 4.58. The molecule has 0 heterocycles. The lowest BCUT2D eigenvalue weighted by atomic mass is 9.94. The van der Waals surface area contributed by atoms with Crippen molar-refractivity contribution in [2.45, 2.75) is 70.5 Å². The summed E-state index contributed by atoms with van der Waals surface area (Å²) in [5.74, 6) is -0.0442. The number of nitrogens with one attached hydrogen (secondary N) is 1. The molecule has 2 amide bonds. The third-order valence-electron chi connectivity index (χ3n) is 5.77. The van der Waals surface area contributed by atoms with E-state index in [9.17, 15) is 9.59 Å². The van der Waals surface area contributed by atoms with E-state index in [2.05, 4.69) is 21.2 Å². The minimum atomic E-state index is -0.527.